The minimum atomic E-state index is 0.467. The molecular weight excluding hydrogens is 212 g/mol. The van der Waals surface area contributed by atoms with Crippen molar-refractivity contribution in [3.8, 4) is 0 Å². The van der Waals surface area contributed by atoms with E-state index in [1.165, 1.54) is 5.56 Å². The lowest BCUT2D eigenvalue weighted by Gasteiger charge is -2.22. The second-order valence-corrected chi connectivity index (χ2v) is 4.48. The molecule has 1 aromatic carbocycles. The van der Waals surface area contributed by atoms with Crippen molar-refractivity contribution in [1.82, 2.24) is 10.6 Å². The van der Waals surface area contributed by atoms with Crippen LogP contribution in [0.25, 0.3) is 0 Å². The van der Waals surface area contributed by atoms with Crippen LogP contribution in [0.5, 0.6) is 0 Å². The molecular formula is C14H22N2O. The lowest BCUT2D eigenvalue weighted by molar-refractivity contribution is 0.0347. The Bertz CT molecular complexity index is 296. The zero-order valence-corrected chi connectivity index (χ0v) is 10.3. The number of hydrogen-bond acceptors (Lipinski definition) is 3. The Morgan fingerprint density at radius 2 is 1.94 bits per heavy atom. The summed E-state index contributed by atoms with van der Waals surface area (Å²) >= 11 is 0. The summed E-state index contributed by atoms with van der Waals surface area (Å²) in [6, 6.07) is 10.5. The first-order valence-corrected chi connectivity index (χ1v) is 6.52. The maximum absolute atomic E-state index is 5.82. The van der Waals surface area contributed by atoms with Crippen LogP contribution >= 0.6 is 0 Å². The largest absolute Gasteiger partial charge is 0.377 e. The molecule has 0 aromatic heterocycles. The van der Waals surface area contributed by atoms with Gasteiger partial charge in [0.1, 0.15) is 0 Å². The van der Waals surface area contributed by atoms with Crippen molar-refractivity contribution in [2.24, 2.45) is 0 Å². The molecule has 0 atom stereocenters. The SMILES string of the molecule is c1ccc(CNCCOC2CCNCC2)cc1. The molecule has 0 saturated carbocycles. The van der Waals surface area contributed by atoms with Gasteiger partial charge >= 0.3 is 0 Å². The average molecular weight is 234 g/mol. The van der Waals surface area contributed by atoms with Crippen molar-refractivity contribution < 1.29 is 4.74 Å². The van der Waals surface area contributed by atoms with Gasteiger partial charge in [0, 0.05) is 13.1 Å². The molecule has 3 nitrogen and oxygen atoms in total. The molecule has 2 rings (SSSR count). The first kappa shape index (κ1) is 12.6. The Hall–Kier alpha value is -0.900. The van der Waals surface area contributed by atoms with Crippen LogP contribution in [-0.4, -0.2) is 32.3 Å². The van der Waals surface area contributed by atoms with E-state index in [-0.39, 0.29) is 0 Å². The van der Waals surface area contributed by atoms with Gasteiger partial charge in [-0.2, -0.15) is 0 Å². The Labute approximate surface area is 104 Å². The molecule has 0 aliphatic carbocycles. The van der Waals surface area contributed by atoms with Crippen molar-refractivity contribution in [3.63, 3.8) is 0 Å². The molecule has 0 spiro atoms. The third-order valence-corrected chi connectivity index (χ3v) is 3.09. The highest BCUT2D eigenvalue weighted by molar-refractivity contribution is 5.14. The Balaban J connectivity index is 1.51. The van der Waals surface area contributed by atoms with Gasteiger partial charge in [-0.05, 0) is 31.5 Å². The fourth-order valence-corrected chi connectivity index (χ4v) is 2.09. The van der Waals surface area contributed by atoms with Crippen molar-refractivity contribution in [1.29, 1.82) is 0 Å². The van der Waals surface area contributed by atoms with Crippen LogP contribution in [-0.2, 0) is 11.3 Å². The summed E-state index contributed by atoms with van der Waals surface area (Å²) in [5.41, 5.74) is 1.33. The molecule has 94 valence electrons. The lowest BCUT2D eigenvalue weighted by Crippen LogP contribution is -2.33. The Kier molecular flexibility index (Phi) is 5.49. The first-order valence-electron chi connectivity index (χ1n) is 6.52. The number of hydrogen-bond donors (Lipinski definition) is 2. The van der Waals surface area contributed by atoms with Gasteiger partial charge in [-0.15, -0.1) is 0 Å². The molecule has 0 bridgehead atoms. The van der Waals surface area contributed by atoms with Crippen LogP contribution in [0.3, 0.4) is 0 Å². The Morgan fingerprint density at radius 3 is 2.71 bits per heavy atom. The number of rotatable bonds is 6. The quantitative estimate of drug-likeness (QED) is 0.733. The van der Waals surface area contributed by atoms with Crippen molar-refractivity contribution in [3.05, 3.63) is 35.9 Å². The van der Waals surface area contributed by atoms with E-state index >= 15 is 0 Å². The van der Waals surface area contributed by atoms with E-state index in [4.69, 9.17) is 4.74 Å². The summed E-state index contributed by atoms with van der Waals surface area (Å²) < 4.78 is 5.82. The standard InChI is InChI=1S/C14H22N2O/c1-2-4-13(5-3-1)12-16-10-11-17-14-6-8-15-9-7-14/h1-5,14-16H,6-12H2. The number of piperidine rings is 1. The zero-order valence-electron chi connectivity index (χ0n) is 10.3. The summed E-state index contributed by atoms with van der Waals surface area (Å²) in [5.74, 6) is 0. The average Bonchev–Trinajstić information content (AvgIpc) is 2.41. The molecule has 1 fully saturated rings. The molecule has 0 unspecified atom stereocenters. The van der Waals surface area contributed by atoms with Gasteiger partial charge in [0.05, 0.1) is 12.7 Å². The van der Waals surface area contributed by atoms with Crippen LogP contribution < -0.4 is 10.6 Å². The fraction of sp³-hybridized carbons (Fsp3) is 0.571. The normalized spacial score (nSPS) is 17.2. The molecule has 1 aromatic rings. The van der Waals surface area contributed by atoms with E-state index in [9.17, 15) is 0 Å². The lowest BCUT2D eigenvalue weighted by atomic mass is 10.1. The minimum Gasteiger partial charge on any atom is -0.377 e. The first-order chi connectivity index (χ1) is 8.45. The maximum Gasteiger partial charge on any atom is 0.0600 e. The predicted octanol–water partition coefficient (Wildman–Crippen LogP) is 1.54. The highest BCUT2D eigenvalue weighted by atomic mass is 16.5. The number of ether oxygens (including phenoxy) is 1. The molecule has 17 heavy (non-hydrogen) atoms. The molecule has 1 heterocycles. The maximum atomic E-state index is 5.82. The van der Waals surface area contributed by atoms with Crippen molar-refractivity contribution >= 4 is 0 Å². The van der Waals surface area contributed by atoms with E-state index in [2.05, 4.69) is 34.9 Å². The van der Waals surface area contributed by atoms with Gasteiger partial charge in [-0.3, -0.25) is 0 Å². The highest BCUT2D eigenvalue weighted by Gasteiger charge is 2.12. The van der Waals surface area contributed by atoms with E-state index in [1.54, 1.807) is 0 Å². The van der Waals surface area contributed by atoms with Crippen molar-refractivity contribution in [2.45, 2.75) is 25.5 Å². The number of benzene rings is 1. The minimum absolute atomic E-state index is 0.467. The van der Waals surface area contributed by atoms with E-state index in [1.807, 2.05) is 6.07 Å². The summed E-state index contributed by atoms with van der Waals surface area (Å²) in [4.78, 5) is 0. The molecule has 0 radical (unpaired) electrons. The highest BCUT2D eigenvalue weighted by Crippen LogP contribution is 2.06. The van der Waals surface area contributed by atoms with Gasteiger partial charge in [0.15, 0.2) is 0 Å². The smallest absolute Gasteiger partial charge is 0.0600 e. The van der Waals surface area contributed by atoms with Gasteiger partial charge in [0.25, 0.3) is 0 Å². The molecule has 1 saturated heterocycles. The Morgan fingerprint density at radius 1 is 1.18 bits per heavy atom. The summed E-state index contributed by atoms with van der Waals surface area (Å²) in [6.07, 6.45) is 2.77. The van der Waals surface area contributed by atoms with Crippen LogP contribution in [0.1, 0.15) is 18.4 Å². The van der Waals surface area contributed by atoms with Gasteiger partial charge in [0.2, 0.25) is 0 Å². The predicted molar refractivity (Wildman–Crippen MR) is 70.0 cm³/mol. The molecule has 3 heteroatoms. The number of nitrogens with one attached hydrogen (secondary N) is 2. The summed E-state index contributed by atoms with van der Waals surface area (Å²) in [6.45, 7) is 4.87. The molecule has 0 amide bonds. The van der Waals surface area contributed by atoms with Crippen LogP contribution in [0.15, 0.2) is 30.3 Å². The van der Waals surface area contributed by atoms with Gasteiger partial charge in [-0.1, -0.05) is 30.3 Å². The van der Waals surface area contributed by atoms with E-state index in [0.29, 0.717) is 6.10 Å². The molecule has 2 N–H and O–H groups in total. The second kappa shape index (κ2) is 7.43. The topological polar surface area (TPSA) is 33.3 Å². The van der Waals surface area contributed by atoms with E-state index < -0.39 is 0 Å². The van der Waals surface area contributed by atoms with Gasteiger partial charge < -0.3 is 15.4 Å². The third kappa shape index (κ3) is 4.86. The summed E-state index contributed by atoms with van der Waals surface area (Å²) in [7, 11) is 0. The monoisotopic (exact) mass is 234 g/mol. The van der Waals surface area contributed by atoms with Gasteiger partial charge in [-0.25, -0.2) is 0 Å². The van der Waals surface area contributed by atoms with Crippen molar-refractivity contribution in [2.75, 3.05) is 26.2 Å². The molecule has 1 aliphatic heterocycles. The van der Waals surface area contributed by atoms with Crippen LogP contribution in [0.2, 0.25) is 0 Å². The third-order valence-electron chi connectivity index (χ3n) is 3.09. The molecule has 1 aliphatic rings. The summed E-state index contributed by atoms with van der Waals surface area (Å²) in [5, 5.41) is 6.74. The zero-order chi connectivity index (χ0) is 11.8. The van der Waals surface area contributed by atoms with E-state index in [0.717, 1.165) is 45.6 Å². The van der Waals surface area contributed by atoms with Crippen LogP contribution in [0.4, 0.5) is 0 Å². The fourth-order valence-electron chi connectivity index (χ4n) is 2.09. The second-order valence-electron chi connectivity index (χ2n) is 4.48. The van der Waals surface area contributed by atoms with Crippen LogP contribution in [0, 0.1) is 0 Å².